The number of nitrogens with two attached hydrogens (primary N) is 1. The molecule has 3 rings (SSSR count). The van der Waals surface area contributed by atoms with E-state index in [4.69, 9.17) is 5.73 Å². The first kappa shape index (κ1) is 12.6. The fourth-order valence-corrected chi connectivity index (χ4v) is 3.37. The Labute approximate surface area is 113 Å². The van der Waals surface area contributed by atoms with Crippen LogP contribution in [0.2, 0.25) is 0 Å². The van der Waals surface area contributed by atoms with E-state index in [2.05, 4.69) is 16.4 Å². The van der Waals surface area contributed by atoms with Gasteiger partial charge in [0.25, 0.3) is 0 Å². The topological polar surface area (TPSA) is 68.0 Å². The maximum Gasteiger partial charge on any atom is 0.223 e. The second-order valence-corrected chi connectivity index (χ2v) is 5.86. The Hall–Kier alpha value is -1.42. The smallest absolute Gasteiger partial charge is 0.223 e. The summed E-state index contributed by atoms with van der Waals surface area (Å²) in [4.78, 5) is 16.4. The number of fused-ring (bicyclic) bond motifs is 1. The number of nitrogens with zero attached hydrogens (tertiary/aromatic N) is 1. The van der Waals surface area contributed by atoms with Crippen molar-refractivity contribution in [2.45, 2.75) is 32.2 Å². The molecule has 1 aromatic rings. The quantitative estimate of drug-likeness (QED) is 0.848. The Bertz CT molecular complexity index is 488. The largest absolute Gasteiger partial charge is 0.356 e. The van der Waals surface area contributed by atoms with Crippen LogP contribution in [0.5, 0.6) is 0 Å². The van der Waals surface area contributed by atoms with Crippen LogP contribution in [-0.4, -0.2) is 23.5 Å². The summed E-state index contributed by atoms with van der Waals surface area (Å²) in [7, 11) is 0. The minimum atomic E-state index is 0.162. The van der Waals surface area contributed by atoms with Crippen molar-refractivity contribution >= 4 is 5.91 Å². The van der Waals surface area contributed by atoms with Gasteiger partial charge in [0.15, 0.2) is 0 Å². The normalized spacial score (nSPS) is 31.9. The van der Waals surface area contributed by atoms with Crippen molar-refractivity contribution < 1.29 is 4.79 Å². The third-order valence-corrected chi connectivity index (χ3v) is 4.63. The predicted octanol–water partition coefficient (Wildman–Crippen LogP) is 1.03. The third kappa shape index (κ3) is 2.50. The first-order chi connectivity index (χ1) is 9.16. The second-order valence-electron chi connectivity index (χ2n) is 5.86. The molecule has 2 saturated carbocycles. The lowest BCUT2D eigenvalue weighted by atomic mass is 10.0. The summed E-state index contributed by atoms with van der Waals surface area (Å²) < 4.78 is 0. The Morgan fingerprint density at radius 3 is 2.95 bits per heavy atom. The van der Waals surface area contributed by atoms with E-state index >= 15 is 0 Å². The first-order valence-electron chi connectivity index (χ1n) is 7.10. The van der Waals surface area contributed by atoms with E-state index in [9.17, 15) is 4.79 Å². The number of rotatable bonds is 4. The van der Waals surface area contributed by atoms with Crippen molar-refractivity contribution in [3.05, 3.63) is 29.6 Å². The summed E-state index contributed by atoms with van der Waals surface area (Å²) in [6, 6.07) is 4.26. The van der Waals surface area contributed by atoms with Crippen LogP contribution in [0.4, 0.5) is 0 Å². The number of aryl methyl sites for hydroxylation is 1. The molecule has 1 aromatic heterocycles. The van der Waals surface area contributed by atoms with Gasteiger partial charge in [0.1, 0.15) is 0 Å². The molecule has 2 aliphatic carbocycles. The number of carbonyl (C=O) groups excluding carboxylic acids is 1. The maximum absolute atomic E-state index is 12.1. The average molecular weight is 259 g/mol. The summed E-state index contributed by atoms with van der Waals surface area (Å²) in [6.07, 6.45) is 4.66. The number of amides is 1. The van der Waals surface area contributed by atoms with Crippen LogP contribution < -0.4 is 11.1 Å². The molecule has 102 valence electrons. The van der Waals surface area contributed by atoms with Crippen molar-refractivity contribution in [1.82, 2.24) is 10.3 Å². The zero-order chi connectivity index (χ0) is 13.4. The molecule has 1 heterocycles. The molecule has 0 spiro atoms. The van der Waals surface area contributed by atoms with Crippen LogP contribution in [0.15, 0.2) is 18.3 Å². The Balaban J connectivity index is 1.48. The van der Waals surface area contributed by atoms with Crippen LogP contribution in [-0.2, 0) is 11.2 Å². The van der Waals surface area contributed by atoms with Crippen molar-refractivity contribution in [2.75, 3.05) is 6.54 Å². The van der Waals surface area contributed by atoms with Crippen LogP contribution in [0.3, 0.4) is 0 Å². The first-order valence-corrected chi connectivity index (χ1v) is 7.10. The number of nitrogens with one attached hydrogen (secondary N) is 1. The standard InChI is InChI=1S/C15H21N3O/c1-9-10(3-2-5-17-9)4-6-18-15(19)13-8-14(16)12-7-11(12)13/h2-3,5,11-14H,4,6-8,16H2,1H3,(H,18,19)/t11-,12+,13-,14+/m1/s1. The van der Waals surface area contributed by atoms with Gasteiger partial charge in [0.05, 0.1) is 0 Å². The SMILES string of the molecule is Cc1ncccc1CCNC(=O)[C@@H]1C[C@H](N)[C@H]2C[C@H]21. The molecular formula is C15H21N3O. The maximum atomic E-state index is 12.1. The lowest BCUT2D eigenvalue weighted by Crippen LogP contribution is -2.34. The molecule has 0 radical (unpaired) electrons. The fourth-order valence-electron chi connectivity index (χ4n) is 3.37. The van der Waals surface area contributed by atoms with Gasteiger partial charge in [-0.05, 0) is 49.7 Å². The molecule has 2 aliphatic rings. The highest BCUT2D eigenvalue weighted by atomic mass is 16.1. The summed E-state index contributed by atoms with van der Waals surface area (Å²) in [6.45, 7) is 2.69. The average Bonchev–Trinajstić information content (AvgIpc) is 3.12. The van der Waals surface area contributed by atoms with Gasteiger partial charge >= 0.3 is 0 Å². The fraction of sp³-hybridized carbons (Fsp3) is 0.600. The van der Waals surface area contributed by atoms with Gasteiger partial charge in [-0.25, -0.2) is 0 Å². The predicted molar refractivity (Wildman–Crippen MR) is 73.4 cm³/mol. The van der Waals surface area contributed by atoms with Crippen LogP contribution in [0.25, 0.3) is 0 Å². The summed E-state index contributed by atoms with van der Waals surface area (Å²) in [5.41, 5.74) is 8.25. The van der Waals surface area contributed by atoms with Gasteiger partial charge in [-0.15, -0.1) is 0 Å². The second kappa shape index (κ2) is 4.93. The van der Waals surface area contributed by atoms with E-state index in [0.717, 1.165) is 25.0 Å². The number of carbonyl (C=O) groups is 1. The Kier molecular flexibility index (Phi) is 3.27. The van der Waals surface area contributed by atoms with Crippen LogP contribution in [0.1, 0.15) is 24.1 Å². The van der Waals surface area contributed by atoms with E-state index in [1.54, 1.807) is 6.20 Å². The molecule has 0 aromatic carbocycles. The van der Waals surface area contributed by atoms with Crippen molar-refractivity contribution in [1.29, 1.82) is 0 Å². The van der Waals surface area contributed by atoms with Gasteiger partial charge in [0, 0.05) is 30.4 Å². The van der Waals surface area contributed by atoms with E-state index in [1.807, 2.05) is 13.0 Å². The molecule has 2 fully saturated rings. The molecule has 19 heavy (non-hydrogen) atoms. The molecule has 4 atom stereocenters. The van der Waals surface area contributed by atoms with Crippen molar-refractivity contribution in [3.8, 4) is 0 Å². The van der Waals surface area contributed by atoms with Gasteiger partial charge in [-0.1, -0.05) is 6.07 Å². The van der Waals surface area contributed by atoms with E-state index in [0.29, 0.717) is 18.4 Å². The molecule has 4 heteroatoms. The van der Waals surface area contributed by atoms with E-state index in [1.165, 1.54) is 5.56 Å². The molecule has 0 unspecified atom stereocenters. The highest BCUT2D eigenvalue weighted by Crippen LogP contribution is 2.54. The molecule has 1 amide bonds. The van der Waals surface area contributed by atoms with E-state index < -0.39 is 0 Å². The minimum absolute atomic E-state index is 0.162. The Morgan fingerprint density at radius 2 is 2.32 bits per heavy atom. The monoisotopic (exact) mass is 259 g/mol. The lowest BCUT2D eigenvalue weighted by Gasteiger charge is -2.14. The van der Waals surface area contributed by atoms with Gasteiger partial charge in [-0.2, -0.15) is 0 Å². The van der Waals surface area contributed by atoms with Crippen LogP contribution >= 0.6 is 0 Å². The molecule has 3 N–H and O–H groups in total. The van der Waals surface area contributed by atoms with Crippen molar-refractivity contribution in [2.24, 2.45) is 23.5 Å². The van der Waals surface area contributed by atoms with Gasteiger partial charge in [0.2, 0.25) is 5.91 Å². The van der Waals surface area contributed by atoms with Crippen molar-refractivity contribution in [3.63, 3.8) is 0 Å². The Morgan fingerprint density at radius 1 is 1.47 bits per heavy atom. The minimum Gasteiger partial charge on any atom is -0.356 e. The van der Waals surface area contributed by atoms with Gasteiger partial charge < -0.3 is 11.1 Å². The number of hydrogen-bond donors (Lipinski definition) is 2. The number of hydrogen-bond acceptors (Lipinski definition) is 3. The molecule has 4 nitrogen and oxygen atoms in total. The third-order valence-electron chi connectivity index (χ3n) is 4.63. The van der Waals surface area contributed by atoms with Gasteiger partial charge in [-0.3, -0.25) is 9.78 Å². The summed E-state index contributed by atoms with van der Waals surface area (Å²) in [5, 5.41) is 3.06. The molecule has 0 aliphatic heterocycles. The summed E-state index contributed by atoms with van der Waals surface area (Å²) >= 11 is 0. The molecular weight excluding hydrogens is 238 g/mol. The van der Waals surface area contributed by atoms with E-state index in [-0.39, 0.29) is 17.9 Å². The highest BCUT2D eigenvalue weighted by Gasteiger charge is 2.55. The number of aromatic nitrogens is 1. The molecule has 0 bridgehead atoms. The lowest BCUT2D eigenvalue weighted by molar-refractivity contribution is -0.125. The number of pyridine rings is 1. The highest BCUT2D eigenvalue weighted by molar-refractivity contribution is 5.80. The zero-order valence-electron chi connectivity index (χ0n) is 11.3. The van der Waals surface area contributed by atoms with Crippen LogP contribution in [0, 0.1) is 24.7 Å². The zero-order valence-corrected chi connectivity index (χ0v) is 11.3. The molecule has 0 saturated heterocycles. The summed E-state index contributed by atoms with van der Waals surface area (Å²) in [5.74, 6) is 1.54.